The fraction of sp³-hybridized carbons (Fsp3) is 0.529. The topological polar surface area (TPSA) is 136 Å². The minimum absolute atomic E-state index is 0.00957. The molecule has 0 bridgehead atoms. The van der Waals surface area contributed by atoms with Crippen molar-refractivity contribution in [2.24, 2.45) is 0 Å². The van der Waals surface area contributed by atoms with Gasteiger partial charge in [0.15, 0.2) is 6.61 Å². The first-order chi connectivity index (χ1) is 13.2. The molecule has 28 heavy (non-hydrogen) atoms. The molecule has 11 heteroatoms. The minimum atomic E-state index is -3.55. The van der Waals surface area contributed by atoms with Gasteiger partial charge in [-0.3, -0.25) is 19.7 Å². The Hall–Kier alpha value is -2.53. The van der Waals surface area contributed by atoms with Gasteiger partial charge in [0.25, 0.3) is 11.6 Å². The zero-order chi connectivity index (χ0) is 20.9. The Kier molecular flexibility index (Phi) is 7.08. The molecule has 0 aliphatic carbocycles. The number of esters is 1. The number of benzene rings is 1. The number of hydrogen-bond donors (Lipinski definition) is 1. The van der Waals surface area contributed by atoms with Gasteiger partial charge >= 0.3 is 5.97 Å². The van der Waals surface area contributed by atoms with Crippen LogP contribution in [0.15, 0.2) is 18.2 Å². The van der Waals surface area contributed by atoms with Crippen molar-refractivity contribution in [3.8, 4) is 0 Å². The molecule has 2 rings (SSSR count). The molecule has 0 radical (unpaired) electrons. The van der Waals surface area contributed by atoms with Crippen molar-refractivity contribution >= 4 is 33.3 Å². The lowest BCUT2D eigenvalue weighted by molar-refractivity contribution is -0.384. The van der Waals surface area contributed by atoms with E-state index in [-0.39, 0.29) is 23.7 Å². The molecule has 1 fully saturated rings. The Labute approximate surface area is 163 Å². The normalized spacial score (nSPS) is 17.3. The van der Waals surface area contributed by atoms with Crippen molar-refractivity contribution in [1.82, 2.24) is 4.31 Å². The zero-order valence-electron chi connectivity index (χ0n) is 15.7. The van der Waals surface area contributed by atoms with Crippen LogP contribution < -0.4 is 5.32 Å². The van der Waals surface area contributed by atoms with Crippen molar-refractivity contribution in [2.45, 2.75) is 39.2 Å². The summed E-state index contributed by atoms with van der Waals surface area (Å²) in [5.41, 5.74) is 0.378. The molecule has 0 aromatic heterocycles. The molecule has 1 aromatic carbocycles. The third-order valence-corrected chi connectivity index (χ3v) is 6.34. The van der Waals surface area contributed by atoms with Gasteiger partial charge < -0.3 is 10.1 Å². The van der Waals surface area contributed by atoms with E-state index in [0.717, 1.165) is 4.31 Å². The standard InChI is InChI=1S/C17H23N3O7S/c1-3-9-28(25,26)19-8-4-5-14(19)17(22)27-11-16(21)18-13-7-6-12(2)10-15(13)20(23)24/h6-7,10,14H,3-5,8-9,11H2,1-2H3,(H,18,21). The van der Waals surface area contributed by atoms with Crippen LogP contribution in [0.25, 0.3) is 0 Å². The first-order valence-corrected chi connectivity index (χ1v) is 10.5. The van der Waals surface area contributed by atoms with Crippen LogP contribution in [0.2, 0.25) is 0 Å². The number of carbonyl (C=O) groups is 2. The Morgan fingerprint density at radius 1 is 1.39 bits per heavy atom. The molecule has 1 N–H and O–H groups in total. The summed E-state index contributed by atoms with van der Waals surface area (Å²) in [5.74, 6) is -1.61. The van der Waals surface area contributed by atoms with Gasteiger partial charge in [0, 0.05) is 12.6 Å². The van der Waals surface area contributed by atoms with Gasteiger partial charge in [-0.2, -0.15) is 4.31 Å². The summed E-state index contributed by atoms with van der Waals surface area (Å²) in [6.07, 6.45) is 1.29. The van der Waals surface area contributed by atoms with E-state index in [4.69, 9.17) is 4.74 Å². The van der Waals surface area contributed by atoms with Crippen LogP contribution in [0, 0.1) is 17.0 Å². The highest BCUT2D eigenvalue weighted by molar-refractivity contribution is 7.89. The maximum atomic E-state index is 12.3. The summed E-state index contributed by atoms with van der Waals surface area (Å²) in [6, 6.07) is 3.36. The molecular weight excluding hydrogens is 390 g/mol. The third kappa shape index (κ3) is 5.26. The van der Waals surface area contributed by atoms with Crippen LogP contribution in [-0.4, -0.2) is 54.5 Å². The van der Waals surface area contributed by atoms with E-state index >= 15 is 0 Å². The lowest BCUT2D eigenvalue weighted by Crippen LogP contribution is -2.43. The third-order valence-electron chi connectivity index (χ3n) is 4.26. The number of nitrogens with one attached hydrogen (secondary N) is 1. The molecule has 1 saturated heterocycles. The smallest absolute Gasteiger partial charge is 0.324 e. The molecule has 0 saturated carbocycles. The maximum absolute atomic E-state index is 12.3. The van der Waals surface area contributed by atoms with Crippen LogP contribution in [-0.2, 0) is 24.3 Å². The number of ether oxygens (including phenoxy) is 1. The number of carbonyl (C=O) groups excluding carboxylic acids is 2. The number of nitro benzene ring substituents is 1. The van der Waals surface area contributed by atoms with Crippen LogP contribution >= 0.6 is 0 Å². The van der Waals surface area contributed by atoms with Gasteiger partial charge in [0.1, 0.15) is 11.7 Å². The number of rotatable bonds is 8. The van der Waals surface area contributed by atoms with E-state index < -0.39 is 39.5 Å². The zero-order valence-corrected chi connectivity index (χ0v) is 16.5. The van der Waals surface area contributed by atoms with Gasteiger partial charge in [0.2, 0.25) is 10.0 Å². The first kappa shape index (κ1) is 21.8. The van der Waals surface area contributed by atoms with Gasteiger partial charge in [-0.05, 0) is 37.8 Å². The quantitative estimate of drug-likeness (QED) is 0.388. The molecule has 10 nitrogen and oxygen atoms in total. The molecular formula is C17H23N3O7S. The van der Waals surface area contributed by atoms with Crippen LogP contribution in [0.4, 0.5) is 11.4 Å². The SMILES string of the molecule is CCCS(=O)(=O)N1CCCC1C(=O)OCC(=O)Nc1ccc(C)cc1[N+](=O)[O-]. The summed E-state index contributed by atoms with van der Waals surface area (Å²) < 4.78 is 30.5. The minimum Gasteiger partial charge on any atom is -0.454 e. The summed E-state index contributed by atoms with van der Waals surface area (Å²) in [7, 11) is -3.55. The largest absolute Gasteiger partial charge is 0.454 e. The second kappa shape index (κ2) is 9.11. The molecule has 1 aliphatic rings. The first-order valence-electron chi connectivity index (χ1n) is 8.86. The van der Waals surface area contributed by atoms with Gasteiger partial charge in [-0.1, -0.05) is 13.0 Å². The molecule has 154 valence electrons. The fourth-order valence-electron chi connectivity index (χ4n) is 3.00. The number of nitrogens with zero attached hydrogens (tertiary/aromatic N) is 2. The Morgan fingerprint density at radius 2 is 2.11 bits per heavy atom. The molecule has 1 unspecified atom stereocenters. The fourth-order valence-corrected chi connectivity index (χ4v) is 4.74. The van der Waals surface area contributed by atoms with E-state index in [0.29, 0.717) is 24.8 Å². The Bertz CT molecular complexity index is 870. The maximum Gasteiger partial charge on any atom is 0.324 e. The van der Waals surface area contributed by atoms with E-state index in [9.17, 15) is 28.1 Å². The van der Waals surface area contributed by atoms with Crippen molar-refractivity contribution in [3.63, 3.8) is 0 Å². The van der Waals surface area contributed by atoms with Crippen molar-refractivity contribution in [3.05, 3.63) is 33.9 Å². The average Bonchev–Trinajstić information content (AvgIpc) is 3.12. The molecule has 1 amide bonds. The number of amides is 1. The number of nitro groups is 1. The molecule has 1 aliphatic heterocycles. The van der Waals surface area contributed by atoms with Crippen molar-refractivity contribution in [1.29, 1.82) is 0 Å². The Morgan fingerprint density at radius 3 is 2.75 bits per heavy atom. The number of hydrogen-bond acceptors (Lipinski definition) is 7. The van der Waals surface area contributed by atoms with Crippen LogP contribution in [0.1, 0.15) is 31.7 Å². The predicted octanol–water partition coefficient (Wildman–Crippen LogP) is 1.59. The molecule has 1 heterocycles. The summed E-state index contributed by atoms with van der Waals surface area (Å²) in [5, 5.41) is 13.4. The lowest BCUT2D eigenvalue weighted by Gasteiger charge is -2.22. The number of sulfonamides is 1. The van der Waals surface area contributed by atoms with Crippen molar-refractivity contribution in [2.75, 3.05) is 24.2 Å². The van der Waals surface area contributed by atoms with E-state index in [1.807, 2.05) is 0 Å². The van der Waals surface area contributed by atoms with Gasteiger partial charge in [-0.25, -0.2) is 8.42 Å². The van der Waals surface area contributed by atoms with E-state index in [1.54, 1.807) is 19.9 Å². The summed E-state index contributed by atoms with van der Waals surface area (Å²) in [6.45, 7) is 2.99. The monoisotopic (exact) mass is 413 g/mol. The second-order valence-corrected chi connectivity index (χ2v) is 8.56. The second-order valence-electron chi connectivity index (χ2n) is 6.52. The average molecular weight is 413 g/mol. The number of aryl methyl sites for hydroxylation is 1. The Balaban J connectivity index is 1.98. The predicted molar refractivity (Wildman–Crippen MR) is 101 cm³/mol. The van der Waals surface area contributed by atoms with Gasteiger partial charge in [-0.15, -0.1) is 0 Å². The highest BCUT2D eigenvalue weighted by Crippen LogP contribution is 2.25. The van der Waals surface area contributed by atoms with E-state index in [1.165, 1.54) is 12.1 Å². The molecule has 1 aromatic rings. The highest BCUT2D eigenvalue weighted by atomic mass is 32.2. The molecule has 1 atom stereocenters. The lowest BCUT2D eigenvalue weighted by atomic mass is 10.2. The molecule has 0 spiro atoms. The van der Waals surface area contributed by atoms with E-state index in [2.05, 4.69) is 5.32 Å². The van der Waals surface area contributed by atoms with Crippen LogP contribution in [0.3, 0.4) is 0 Å². The number of anilines is 1. The summed E-state index contributed by atoms with van der Waals surface area (Å²) in [4.78, 5) is 34.8. The van der Waals surface area contributed by atoms with Gasteiger partial charge in [0.05, 0.1) is 10.7 Å². The van der Waals surface area contributed by atoms with Crippen molar-refractivity contribution < 1.29 is 27.7 Å². The van der Waals surface area contributed by atoms with Crippen LogP contribution in [0.5, 0.6) is 0 Å². The summed E-state index contributed by atoms with van der Waals surface area (Å²) >= 11 is 0. The highest BCUT2D eigenvalue weighted by Gasteiger charge is 2.39.